The van der Waals surface area contributed by atoms with Gasteiger partial charge in [0.1, 0.15) is 11.6 Å². The Labute approximate surface area is 135 Å². The quantitative estimate of drug-likeness (QED) is 0.749. The molecule has 116 valence electrons. The van der Waals surface area contributed by atoms with Crippen LogP contribution in [-0.2, 0) is 4.74 Å². The highest BCUT2D eigenvalue weighted by molar-refractivity contribution is 6.37. The van der Waals surface area contributed by atoms with Crippen LogP contribution in [0, 0.1) is 11.3 Å². The van der Waals surface area contributed by atoms with Gasteiger partial charge in [-0.3, -0.25) is 0 Å². The van der Waals surface area contributed by atoms with E-state index >= 15 is 0 Å². The molecule has 21 heavy (non-hydrogen) atoms. The maximum absolute atomic E-state index is 8.78. The van der Waals surface area contributed by atoms with E-state index in [1.165, 1.54) is 0 Å². The van der Waals surface area contributed by atoms with Crippen LogP contribution in [0.2, 0.25) is 10.0 Å². The third-order valence-electron chi connectivity index (χ3n) is 2.81. The molecule has 1 heterocycles. The van der Waals surface area contributed by atoms with Crippen LogP contribution in [0.25, 0.3) is 0 Å². The Morgan fingerprint density at radius 3 is 2.76 bits per heavy atom. The van der Waals surface area contributed by atoms with Crippen molar-refractivity contribution in [1.82, 2.24) is 4.98 Å². The van der Waals surface area contributed by atoms with E-state index in [4.69, 9.17) is 33.2 Å². The molecule has 1 rings (SSSR count). The minimum Gasteiger partial charge on any atom is -0.383 e. The lowest BCUT2D eigenvalue weighted by Gasteiger charge is -2.24. The number of nitrogens with one attached hydrogen (secondary N) is 1. The SMILES string of the molecule is CCCNc1nc(N(CCC#N)CCOC)c(Cl)cc1Cl. The number of ether oxygens (including phenoxy) is 1. The Hall–Kier alpha value is -1.22. The van der Waals surface area contributed by atoms with Crippen molar-refractivity contribution in [2.24, 2.45) is 0 Å². The minimum atomic E-state index is 0.391. The van der Waals surface area contributed by atoms with E-state index in [-0.39, 0.29) is 0 Å². The van der Waals surface area contributed by atoms with Crippen molar-refractivity contribution in [3.05, 3.63) is 16.1 Å². The normalized spacial score (nSPS) is 10.2. The molecule has 0 aliphatic carbocycles. The first-order valence-electron chi connectivity index (χ1n) is 6.84. The van der Waals surface area contributed by atoms with E-state index in [0.29, 0.717) is 47.8 Å². The van der Waals surface area contributed by atoms with Gasteiger partial charge >= 0.3 is 0 Å². The van der Waals surface area contributed by atoms with Gasteiger partial charge in [0.25, 0.3) is 0 Å². The maximum atomic E-state index is 8.78. The molecule has 0 radical (unpaired) electrons. The number of hydrogen-bond donors (Lipinski definition) is 1. The molecule has 0 aromatic carbocycles. The number of aromatic nitrogens is 1. The van der Waals surface area contributed by atoms with Crippen molar-refractivity contribution in [2.75, 3.05) is 43.6 Å². The maximum Gasteiger partial charge on any atom is 0.150 e. The average molecular weight is 331 g/mol. The van der Waals surface area contributed by atoms with Crippen LogP contribution in [0.4, 0.5) is 11.6 Å². The molecule has 1 aromatic heterocycles. The molecule has 0 fully saturated rings. The number of hydrogen-bond acceptors (Lipinski definition) is 5. The summed E-state index contributed by atoms with van der Waals surface area (Å²) < 4.78 is 5.10. The van der Waals surface area contributed by atoms with Gasteiger partial charge in [-0.15, -0.1) is 0 Å². The van der Waals surface area contributed by atoms with E-state index in [1.807, 2.05) is 4.90 Å². The zero-order chi connectivity index (χ0) is 15.7. The van der Waals surface area contributed by atoms with Crippen LogP contribution in [-0.4, -0.2) is 38.3 Å². The smallest absolute Gasteiger partial charge is 0.150 e. The number of halogens is 2. The molecule has 0 saturated carbocycles. The predicted octanol–water partition coefficient (Wildman–Crippen LogP) is 3.58. The van der Waals surface area contributed by atoms with Gasteiger partial charge < -0.3 is 15.0 Å². The number of nitrogens with zero attached hydrogens (tertiary/aromatic N) is 3. The molecule has 0 bridgehead atoms. The number of nitriles is 1. The minimum absolute atomic E-state index is 0.391. The van der Waals surface area contributed by atoms with Crippen molar-refractivity contribution >= 4 is 34.8 Å². The molecule has 0 unspecified atom stereocenters. The molecule has 0 aliphatic heterocycles. The predicted molar refractivity (Wildman–Crippen MR) is 87.4 cm³/mol. The van der Waals surface area contributed by atoms with Crippen molar-refractivity contribution in [3.8, 4) is 6.07 Å². The van der Waals surface area contributed by atoms with Gasteiger partial charge in [-0.25, -0.2) is 4.98 Å². The van der Waals surface area contributed by atoms with Crippen LogP contribution in [0.3, 0.4) is 0 Å². The van der Waals surface area contributed by atoms with E-state index in [2.05, 4.69) is 23.3 Å². The molecule has 1 aromatic rings. The monoisotopic (exact) mass is 330 g/mol. The Kier molecular flexibility index (Phi) is 8.21. The summed E-state index contributed by atoms with van der Waals surface area (Å²) in [5.74, 6) is 1.23. The topological polar surface area (TPSA) is 61.2 Å². The average Bonchev–Trinajstić information content (AvgIpc) is 2.47. The zero-order valence-electron chi connectivity index (χ0n) is 12.3. The summed E-state index contributed by atoms with van der Waals surface area (Å²) in [6.07, 6.45) is 1.36. The molecule has 0 spiro atoms. The van der Waals surface area contributed by atoms with E-state index in [0.717, 1.165) is 13.0 Å². The molecule has 0 amide bonds. The van der Waals surface area contributed by atoms with Gasteiger partial charge in [-0.1, -0.05) is 30.1 Å². The Morgan fingerprint density at radius 2 is 2.14 bits per heavy atom. The summed E-state index contributed by atoms with van der Waals surface area (Å²) in [5, 5.41) is 12.9. The molecular weight excluding hydrogens is 311 g/mol. The van der Waals surface area contributed by atoms with Gasteiger partial charge in [0.15, 0.2) is 0 Å². The largest absolute Gasteiger partial charge is 0.383 e. The third kappa shape index (κ3) is 5.58. The lowest BCUT2D eigenvalue weighted by atomic mass is 10.3. The molecule has 7 heteroatoms. The summed E-state index contributed by atoms with van der Waals surface area (Å²) in [6.45, 7) is 4.53. The summed E-state index contributed by atoms with van der Waals surface area (Å²) in [7, 11) is 1.63. The highest BCUT2D eigenvalue weighted by Crippen LogP contribution is 2.31. The number of anilines is 2. The molecule has 0 atom stereocenters. The van der Waals surface area contributed by atoms with Gasteiger partial charge in [-0.05, 0) is 12.5 Å². The van der Waals surface area contributed by atoms with Crippen LogP contribution < -0.4 is 10.2 Å². The van der Waals surface area contributed by atoms with Crippen molar-refractivity contribution in [1.29, 1.82) is 5.26 Å². The second-order valence-corrected chi connectivity index (χ2v) is 5.25. The number of methoxy groups -OCH3 is 1. The highest BCUT2D eigenvalue weighted by Gasteiger charge is 2.15. The van der Waals surface area contributed by atoms with E-state index < -0.39 is 0 Å². The molecule has 1 N–H and O–H groups in total. The van der Waals surface area contributed by atoms with Gasteiger partial charge in [-0.2, -0.15) is 5.26 Å². The molecular formula is C14H20Cl2N4O. The van der Waals surface area contributed by atoms with Crippen molar-refractivity contribution in [3.63, 3.8) is 0 Å². The fraction of sp³-hybridized carbons (Fsp3) is 0.571. The zero-order valence-corrected chi connectivity index (χ0v) is 13.8. The fourth-order valence-electron chi connectivity index (χ4n) is 1.76. The highest BCUT2D eigenvalue weighted by atomic mass is 35.5. The first-order chi connectivity index (χ1) is 10.1. The Morgan fingerprint density at radius 1 is 1.38 bits per heavy atom. The van der Waals surface area contributed by atoms with Gasteiger partial charge in [0.05, 0.1) is 29.1 Å². The van der Waals surface area contributed by atoms with E-state index in [1.54, 1.807) is 13.2 Å². The first kappa shape index (κ1) is 17.8. The molecule has 5 nitrogen and oxygen atoms in total. The first-order valence-corrected chi connectivity index (χ1v) is 7.60. The van der Waals surface area contributed by atoms with Crippen LogP contribution in [0.5, 0.6) is 0 Å². The van der Waals surface area contributed by atoms with Gasteiger partial charge in [0, 0.05) is 26.7 Å². The Balaban J connectivity index is 3.01. The third-order valence-corrected chi connectivity index (χ3v) is 3.38. The summed E-state index contributed by atoms with van der Waals surface area (Å²) in [6, 6.07) is 3.81. The van der Waals surface area contributed by atoms with Crippen LogP contribution in [0.1, 0.15) is 19.8 Å². The lowest BCUT2D eigenvalue weighted by Crippen LogP contribution is -2.29. The molecule has 0 aliphatic rings. The van der Waals surface area contributed by atoms with Gasteiger partial charge in [0.2, 0.25) is 0 Å². The molecule has 0 saturated heterocycles. The van der Waals surface area contributed by atoms with Crippen LogP contribution >= 0.6 is 23.2 Å². The number of rotatable bonds is 9. The van der Waals surface area contributed by atoms with E-state index in [9.17, 15) is 0 Å². The number of pyridine rings is 1. The fourth-order valence-corrected chi connectivity index (χ4v) is 2.30. The second-order valence-electron chi connectivity index (χ2n) is 4.44. The Bertz CT molecular complexity index is 491. The lowest BCUT2D eigenvalue weighted by molar-refractivity contribution is 0.205. The summed E-state index contributed by atoms with van der Waals surface area (Å²) in [4.78, 5) is 6.43. The van der Waals surface area contributed by atoms with Crippen LogP contribution in [0.15, 0.2) is 6.07 Å². The summed E-state index contributed by atoms with van der Waals surface area (Å²) >= 11 is 12.4. The van der Waals surface area contributed by atoms with Crippen molar-refractivity contribution in [2.45, 2.75) is 19.8 Å². The standard InChI is InChI=1S/C14H20Cl2N4O/c1-3-6-18-13-11(15)10-12(16)14(19-13)20(7-4-5-17)8-9-21-2/h10H,3-4,6-9H2,1-2H3,(H,18,19). The summed E-state index contributed by atoms with van der Waals surface area (Å²) in [5.41, 5.74) is 0. The second kappa shape index (κ2) is 9.67. The van der Waals surface area contributed by atoms with Crippen molar-refractivity contribution < 1.29 is 4.74 Å².